The Morgan fingerprint density at radius 1 is 0.789 bits per heavy atom. The number of hydrogen-bond donors (Lipinski definition) is 6. The largest absolute Gasteiger partial charge is 0.509 e. The average molecular weight is 282 g/mol. The normalized spacial score (nSPS) is 6.95. The van der Waals surface area contributed by atoms with Crippen molar-refractivity contribution in [3.05, 3.63) is 11.6 Å². The molecular formula is C10H22N2O7. The Balaban J connectivity index is -0.0000000825. The van der Waals surface area contributed by atoms with Crippen molar-refractivity contribution in [3.63, 3.8) is 0 Å². The molecule has 0 aliphatic carbocycles. The zero-order chi connectivity index (χ0) is 16.6. The van der Waals surface area contributed by atoms with E-state index in [1.807, 2.05) is 0 Å². The highest BCUT2D eigenvalue weighted by atomic mass is 16.4. The summed E-state index contributed by atoms with van der Waals surface area (Å²) in [5.41, 5.74) is 9.91. The van der Waals surface area contributed by atoms with E-state index in [-0.39, 0.29) is 11.6 Å². The van der Waals surface area contributed by atoms with Gasteiger partial charge in [-0.05, 0) is 0 Å². The summed E-state index contributed by atoms with van der Waals surface area (Å²) >= 11 is 0. The topological polar surface area (TPSA) is 184 Å². The summed E-state index contributed by atoms with van der Waals surface area (Å²) in [4.78, 5) is 27.0. The van der Waals surface area contributed by atoms with Crippen LogP contribution in [0.25, 0.3) is 0 Å². The van der Waals surface area contributed by atoms with Gasteiger partial charge < -0.3 is 31.9 Å². The first kappa shape index (κ1) is 25.4. The molecule has 0 unspecified atom stereocenters. The molecule has 0 saturated heterocycles. The summed E-state index contributed by atoms with van der Waals surface area (Å²) in [6, 6.07) is 0. The van der Waals surface area contributed by atoms with Crippen LogP contribution in [0.1, 0.15) is 34.1 Å². The van der Waals surface area contributed by atoms with Crippen LogP contribution in [-0.4, -0.2) is 38.3 Å². The summed E-state index contributed by atoms with van der Waals surface area (Å²) in [5.74, 6) is -2.41. The third-order valence-corrected chi connectivity index (χ3v) is 0.668. The van der Waals surface area contributed by atoms with Crippen LogP contribution in [0, 0.1) is 0 Å². The number of hydrogen-bond acceptors (Lipinski definition) is 6. The molecule has 0 aliphatic rings. The Labute approximate surface area is 111 Å². The van der Waals surface area contributed by atoms with E-state index >= 15 is 0 Å². The molecule has 8 N–H and O–H groups in total. The molecule has 0 aliphatic heterocycles. The van der Waals surface area contributed by atoms with Gasteiger partial charge in [0.1, 0.15) is 11.6 Å². The maximum atomic E-state index is 9.00. The molecule has 0 aromatic heterocycles. The van der Waals surface area contributed by atoms with Crippen molar-refractivity contribution in [2.24, 2.45) is 11.5 Å². The van der Waals surface area contributed by atoms with Gasteiger partial charge in [-0.1, -0.05) is 6.92 Å². The number of carboxylic acids is 3. The first-order valence-electron chi connectivity index (χ1n) is 4.89. The van der Waals surface area contributed by atoms with Crippen molar-refractivity contribution >= 4 is 17.9 Å². The number of carbonyl (C=O) groups is 3. The highest BCUT2D eigenvalue weighted by molar-refractivity contribution is 5.63. The summed E-state index contributed by atoms with van der Waals surface area (Å²) in [7, 11) is 0. The van der Waals surface area contributed by atoms with Crippen LogP contribution < -0.4 is 11.5 Å². The fourth-order valence-electron chi connectivity index (χ4n) is 0.204. The molecule has 0 heterocycles. The van der Waals surface area contributed by atoms with Crippen LogP contribution in [0.4, 0.5) is 0 Å². The third kappa shape index (κ3) is 227. The number of carboxylic acid groups (broad SMARTS) is 3. The predicted octanol–water partition coefficient (Wildman–Crippen LogP) is 0.314. The fraction of sp³-hybridized carbons (Fsp3) is 0.500. The van der Waals surface area contributed by atoms with Gasteiger partial charge in [0.05, 0.1) is 0 Å². The molecule has 114 valence electrons. The second-order valence-electron chi connectivity index (χ2n) is 2.81. The fourth-order valence-corrected chi connectivity index (χ4v) is 0.204. The highest BCUT2D eigenvalue weighted by Gasteiger charge is 1.88. The van der Waals surface area contributed by atoms with E-state index in [2.05, 4.69) is 0 Å². The molecule has 0 bridgehead atoms. The zero-order valence-electron chi connectivity index (χ0n) is 11.4. The second kappa shape index (κ2) is 17.9. The van der Waals surface area contributed by atoms with Gasteiger partial charge in [0.25, 0.3) is 17.9 Å². The molecule has 0 radical (unpaired) electrons. The predicted molar refractivity (Wildman–Crippen MR) is 68.3 cm³/mol. The van der Waals surface area contributed by atoms with Gasteiger partial charge in [0.15, 0.2) is 0 Å². The van der Waals surface area contributed by atoms with Gasteiger partial charge in [0.2, 0.25) is 0 Å². The van der Waals surface area contributed by atoms with Crippen molar-refractivity contribution < 1.29 is 34.8 Å². The lowest BCUT2D eigenvalue weighted by Gasteiger charge is -1.93. The number of rotatable bonds is 1. The van der Waals surface area contributed by atoms with Crippen LogP contribution in [0.15, 0.2) is 11.6 Å². The maximum Gasteiger partial charge on any atom is 0.300 e. The Kier molecular flexibility index (Phi) is 24.0. The number of allylic oxidation sites excluding steroid dienone is 1. The molecular weight excluding hydrogens is 260 g/mol. The highest BCUT2D eigenvalue weighted by Crippen LogP contribution is 1.91. The SMILES string of the molecule is CC(=O)O.CC(=O)O.CC(=O)O.CCC(O)=C(N)N. The van der Waals surface area contributed by atoms with E-state index in [1.165, 1.54) is 0 Å². The molecule has 0 aromatic carbocycles. The molecule has 0 atom stereocenters. The molecule has 0 amide bonds. The van der Waals surface area contributed by atoms with Crippen LogP contribution in [-0.2, 0) is 14.4 Å². The average Bonchev–Trinajstić information content (AvgIpc) is 2.13. The standard InChI is InChI=1S/C4H10N2O.3C2H4O2/c1-2-3(7)4(5)6;3*1-2(3)4/h7H,2,5-6H2,1H3;3*1H3,(H,3,4). The summed E-state index contributed by atoms with van der Waals surface area (Å²) in [6.07, 6.45) is 0.502. The molecule has 0 rings (SSSR count). The lowest BCUT2D eigenvalue weighted by molar-refractivity contribution is -0.135. The number of aliphatic hydroxyl groups excluding tert-OH is 1. The Morgan fingerprint density at radius 2 is 0.947 bits per heavy atom. The van der Waals surface area contributed by atoms with Crippen molar-refractivity contribution in [1.29, 1.82) is 0 Å². The minimum absolute atomic E-state index is 0.0162. The minimum atomic E-state index is -0.833. The molecule has 0 spiro atoms. The van der Waals surface area contributed by atoms with E-state index in [0.29, 0.717) is 6.42 Å². The third-order valence-electron chi connectivity index (χ3n) is 0.668. The van der Waals surface area contributed by atoms with Gasteiger partial charge >= 0.3 is 0 Å². The lowest BCUT2D eigenvalue weighted by atomic mass is 10.4. The number of aliphatic carboxylic acids is 3. The smallest absolute Gasteiger partial charge is 0.300 e. The second-order valence-corrected chi connectivity index (χ2v) is 2.81. The van der Waals surface area contributed by atoms with E-state index in [1.54, 1.807) is 6.92 Å². The van der Waals surface area contributed by atoms with Crippen molar-refractivity contribution in [2.45, 2.75) is 34.1 Å². The van der Waals surface area contributed by atoms with E-state index in [9.17, 15) is 0 Å². The van der Waals surface area contributed by atoms with Gasteiger partial charge in [0, 0.05) is 27.2 Å². The molecule has 0 fully saturated rings. The van der Waals surface area contributed by atoms with Crippen LogP contribution in [0.3, 0.4) is 0 Å². The monoisotopic (exact) mass is 282 g/mol. The summed E-state index contributed by atoms with van der Waals surface area (Å²) in [6.45, 7) is 5.02. The Hall–Kier alpha value is -2.45. The van der Waals surface area contributed by atoms with Crippen LogP contribution in [0.5, 0.6) is 0 Å². The van der Waals surface area contributed by atoms with Gasteiger partial charge in [-0.25, -0.2) is 0 Å². The van der Waals surface area contributed by atoms with Crippen LogP contribution >= 0.6 is 0 Å². The molecule has 9 nitrogen and oxygen atoms in total. The van der Waals surface area contributed by atoms with E-state index < -0.39 is 17.9 Å². The number of nitrogens with two attached hydrogens (primary N) is 2. The summed E-state index contributed by atoms with van der Waals surface area (Å²) < 4.78 is 0. The lowest BCUT2D eigenvalue weighted by Crippen LogP contribution is -2.11. The minimum Gasteiger partial charge on any atom is -0.509 e. The van der Waals surface area contributed by atoms with Crippen molar-refractivity contribution in [3.8, 4) is 0 Å². The molecule has 0 saturated carbocycles. The van der Waals surface area contributed by atoms with Crippen molar-refractivity contribution in [2.75, 3.05) is 0 Å². The molecule has 0 aromatic rings. The Bertz CT molecular complexity index is 256. The van der Waals surface area contributed by atoms with Crippen LogP contribution in [0.2, 0.25) is 0 Å². The van der Waals surface area contributed by atoms with Crippen molar-refractivity contribution in [1.82, 2.24) is 0 Å². The molecule has 19 heavy (non-hydrogen) atoms. The van der Waals surface area contributed by atoms with E-state index in [4.69, 9.17) is 46.3 Å². The Morgan fingerprint density at radius 3 is 0.947 bits per heavy atom. The van der Waals surface area contributed by atoms with Gasteiger partial charge in [-0.2, -0.15) is 0 Å². The zero-order valence-corrected chi connectivity index (χ0v) is 11.4. The molecule has 9 heteroatoms. The maximum absolute atomic E-state index is 9.00. The van der Waals surface area contributed by atoms with Gasteiger partial charge in [-0.3, -0.25) is 14.4 Å². The van der Waals surface area contributed by atoms with Gasteiger partial charge in [-0.15, -0.1) is 0 Å². The van der Waals surface area contributed by atoms with E-state index in [0.717, 1.165) is 20.8 Å². The number of aliphatic hydroxyl groups is 1. The summed E-state index contributed by atoms with van der Waals surface area (Å²) in [5, 5.41) is 30.8. The first-order valence-corrected chi connectivity index (χ1v) is 4.89. The first-order chi connectivity index (χ1) is 8.38. The quantitative estimate of drug-likeness (QED) is 0.368.